The molecule has 1 saturated heterocycles. The molecule has 0 spiro atoms. The number of rotatable bonds is 5. The standard InChI is InChI=1S/C21H24N4O4S3/c1-21(2,3)20-23-18(24-29-20)14-4-6-15(7-5-14)22-19(26)17-16(8-11-31-17)32(27,28)25-9-12-30-13-10-25/h4-8,11H,9-10,12-13H2,1-3H3,(H,22,26). The van der Waals surface area contributed by atoms with Crippen LogP contribution in [0.5, 0.6) is 0 Å². The molecular weight excluding hydrogens is 468 g/mol. The van der Waals surface area contributed by atoms with Crippen molar-refractivity contribution in [3.05, 3.63) is 46.5 Å². The van der Waals surface area contributed by atoms with Crippen LogP contribution in [0, 0.1) is 0 Å². The van der Waals surface area contributed by atoms with E-state index >= 15 is 0 Å². The molecule has 11 heteroatoms. The van der Waals surface area contributed by atoms with Gasteiger partial charge in [0.15, 0.2) is 0 Å². The fourth-order valence-electron chi connectivity index (χ4n) is 3.13. The average molecular weight is 493 g/mol. The van der Waals surface area contributed by atoms with E-state index < -0.39 is 15.9 Å². The molecule has 1 N–H and O–H groups in total. The Hall–Kier alpha value is -2.21. The number of carbonyl (C=O) groups is 1. The van der Waals surface area contributed by atoms with Crippen LogP contribution >= 0.6 is 23.1 Å². The Balaban J connectivity index is 1.50. The lowest BCUT2D eigenvalue weighted by Gasteiger charge is -2.25. The van der Waals surface area contributed by atoms with E-state index in [1.165, 1.54) is 10.4 Å². The van der Waals surface area contributed by atoms with Gasteiger partial charge in [-0.15, -0.1) is 11.3 Å². The first-order chi connectivity index (χ1) is 15.2. The molecule has 8 nitrogen and oxygen atoms in total. The number of anilines is 1. The fraction of sp³-hybridized carbons (Fsp3) is 0.381. The Morgan fingerprint density at radius 2 is 1.81 bits per heavy atom. The molecule has 2 aromatic heterocycles. The molecule has 1 aliphatic heterocycles. The number of nitrogens with one attached hydrogen (secondary N) is 1. The van der Waals surface area contributed by atoms with E-state index in [0.717, 1.165) is 28.4 Å². The second-order valence-electron chi connectivity index (χ2n) is 8.34. The van der Waals surface area contributed by atoms with Crippen LogP contribution < -0.4 is 5.32 Å². The molecule has 170 valence electrons. The summed E-state index contributed by atoms with van der Waals surface area (Å²) in [7, 11) is -3.70. The largest absolute Gasteiger partial charge is 0.338 e. The molecule has 1 aromatic carbocycles. The van der Waals surface area contributed by atoms with Crippen LogP contribution in [0.2, 0.25) is 0 Å². The van der Waals surface area contributed by atoms with Crippen molar-refractivity contribution in [2.24, 2.45) is 0 Å². The molecule has 1 aliphatic rings. The molecule has 3 heterocycles. The predicted molar refractivity (Wildman–Crippen MR) is 127 cm³/mol. The lowest BCUT2D eigenvalue weighted by molar-refractivity contribution is 0.102. The van der Waals surface area contributed by atoms with Crippen LogP contribution in [-0.4, -0.2) is 53.4 Å². The van der Waals surface area contributed by atoms with Crippen molar-refractivity contribution in [2.75, 3.05) is 29.9 Å². The van der Waals surface area contributed by atoms with Crippen molar-refractivity contribution >= 4 is 44.7 Å². The number of amides is 1. The minimum atomic E-state index is -3.70. The maximum atomic E-state index is 13.0. The van der Waals surface area contributed by atoms with E-state index in [0.29, 0.717) is 30.5 Å². The highest BCUT2D eigenvalue weighted by molar-refractivity contribution is 7.99. The van der Waals surface area contributed by atoms with Crippen LogP contribution in [-0.2, 0) is 15.4 Å². The van der Waals surface area contributed by atoms with Crippen molar-refractivity contribution in [1.82, 2.24) is 14.4 Å². The van der Waals surface area contributed by atoms with Gasteiger partial charge in [0.25, 0.3) is 5.91 Å². The molecule has 0 bridgehead atoms. The van der Waals surface area contributed by atoms with Gasteiger partial charge in [-0.25, -0.2) is 8.42 Å². The molecule has 0 atom stereocenters. The third-order valence-electron chi connectivity index (χ3n) is 4.89. The van der Waals surface area contributed by atoms with Gasteiger partial charge in [0, 0.05) is 41.3 Å². The van der Waals surface area contributed by atoms with E-state index in [2.05, 4.69) is 15.5 Å². The number of thiophene rings is 1. The number of carbonyl (C=O) groups excluding carboxylic acids is 1. The van der Waals surface area contributed by atoms with Gasteiger partial charge < -0.3 is 9.84 Å². The zero-order valence-corrected chi connectivity index (χ0v) is 20.4. The van der Waals surface area contributed by atoms with Crippen LogP contribution in [0.25, 0.3) is 11.4 Å². The van der Waals surface area contributed by atoms with Crippen molar-refractivity contribution in [3.63, 3.8) is 0 Å². The molecule has 0 radical (unpaired) electrons. The minimum Gasteiger partial charge on any atom is -0.338 e. The highest BCUT2D eigenvalue weighted by Crippen LogP contribution is 2.29. The first kappa shape index (κ1) is 23.0. The summed E-state index contributed by atoms with van der Waals surface area (Å²) in [6.45, 7) is 6.89. The number of aromatic nitrogens is 2. The van der Waals surface area contributed by atoms with E-state index in [1.54, 1.807) is 41.4 Å². The Labute approximate surface area is 195 Å². The van der Waals surface area contributed by atoms with Gasteiger partial charge in [0.05, 0.1) is 0 Å². The van der Waals surface area contributed by atoms with Gasteiger partial charge in [0.1, 0.15) is 9.77 Å². The van der Waals surface area contributed by atoms with E-state index in [4.69, 9.17) is 4.52 Å². The number of hydrogen-bond acceptors (Lipinski definition) is 8. The third-order valence-corrected chi connectivity index (χ3v) is 8.82. The molecule has 32 heavy (non-hydrogen) atoms. The van der Waals surface area contributed by atoms with Crippen molar-refractivity contribution in [2.45, 2.75) is 31.1 Å². The number of nitrogens with zero attached hydrogens (tertiary/aromatic N) is 3. The Kier molecular flexibility index (Phi) is 6.44. The summed E-state index contributed by atoms with van der Waals surface area (Å²) in [5.74, 6) is 2.08. The summed E-state index contributed by atoms with van der Waals surface area (Å²) < 4.78 is 32.8. The second kappa shape index (κ2) is 8.97. The molecule has 0 unspecified atom stereocenters. The molecule has 4 rings (SSSR count). The highest BCUT2D eigenvalue weighted by atomic mass is 32.2. The van der Waals surface area contributed by atoms with Crippen molar-refractivity contribution < 1.29 is 17.7 Å². The molecule has 0 aliphatic carbocycles. The Morgan fingerprint density at radius 3 is 2.44 bits per heavy atom. The summed E-state index contributed by atoms with van der Waals surface area (Å²) in [6, 6.07) is 8.52. The lowest BCUT2D eigenvalue weighted by Crippen LogP contribution is -2.38. The van der Waals surface area contributed by atoms with Crippen LogP contribution in [0.3, 0.4) is 0 Å². The van der Waals surface area contributed by atoms with Gasteiger partial charge in [-0.1, -0.05) is 25.9 Å². The third kappa shape index (κ3) is 4.75. The minimum absolute atomic E-state index is 0.0602. The van der Waals surface area contributed by atoms with Gasteiger partial charge in [-0.3, -0.25) is 4.79 Å². The molecule has 0 saturated carbocycles. The van der Waals surface area contributed by atoms with Gasteiger partial charge in [-0.05, 0) is 35.7 Å². The zero-order valence-electron chi connectivity index (χ0n) is 18.0. The number of thioether (sulfide) groups is 1. The number of hydrogen-bond donors (Lipinski definition) is 1. The molecule has 3 aromatic rings. The molecule has 1 fully saturated rings. The predicted octanol–water partition coefficient (Wildman–Crippen LogP) is 4.09. The summed E-state index contributed by atoms with van der Waals surface area (Å²) in [6.07, 6.45) is 0. The average Bonchev–Trinajstić information content (AvgIpc) is 3.45. The van der Waals surface area contributed by atoms with Crippen molar-refractivity contribution in [1.29, 1.82) is 0 Å². The highest BCUT2D eigenvalue weighted by Gasteiger charge is 2.31. The fourth-order valence-corrected chi connectivity index (χ4v) is 7.00. The van der Waals surface area contributed by atoms with Crippen LogP contribution in [0.1, 0.15) is 36.3 Å². The normalized spacial score (nSPS) is 15.6. The SMILES string of the molecule is CC(C)(C)c1nc(-c2ccc(NC(=O)c3sccc3S(=O)(=O)N3CCSCC3)cc2)no1. The number of benzene rings is 1. The first-order valence-electron chi connectivity index (χ1n) is 10.1. The molecule has 1 amide bonds. The maximum Gasteiger partial charge on any atom is 0.267 e. The molecular formula is C21H24N4O4S3. The van der Waals surface area contributed by atoms with Gasteiger partial charge in [-0.2, -0.15) is 21.1 Å². The monoisotopic (exact) mass is 492 g/mol. The van der Waals surface area contributed by atoms with Crippen molar-refractivity contribution in [3.8, 4) is 11.4 Å². The van der Waals surface area contributed by atoms with Crippen LogP contribution in [0.4, 0.5) is 5.69 Å². The van der Waals surface area contributed by atoms with Gasteiger partial charge in [0.2, 0.25) is 21.7 Å². The lowest BCUT2D eigenvalue weighted by atomic mass is 9.97. The Bertz CT molecular complexity index is 1200. The second-order valence-corrected chi connectivity index (χ2v) is 12.4. The van der Waals surface area contributed by atoms with E-state index in [-0.39, 0.29) is 15.2 Å². The van der Waals surface area contributed by atoms with E-state index in [9.17, 15) is 13.2 Å². The summed E-state index contributed by atoms with van der Waals surface area (Å²) >= 11 is 2.85. The zero-order chi connectivity index (χ0) is 22.9. The maximum absolute atomic E-state index is 13.0. The van der Waals surface area contributed by atoms with E-state index in [1.807, 2.05) is 20.8 Å². The van der Waals surface area contributed by atoms with Gasteiger partial charge >= 0.3 is 0 Å². The Morgan fingerprint density at radius 1 is 1.12 bits per heavy atom. The quantitative estimate of drug-likeness (QED) is 0.572. The summed E-state index contributed by atoms with van der Waals surface area (Å²) in [5, 5.41) is 8.44. The summed E-state index contributed by atoms with van der Waals surface area (Å²) in [5.41, 5.74) is 1.05. The first-order valence-corrected chi connectivity index (χ1v) is 13.5. The topological polar surface area (TPSA) is 105 Å². The smallest absolute Gasteiger partial charge is 0.267 e. The number of sulfonamides is 1. The summed E-state index contributed by atoms with van der Waals surface area (Å²) in [4.78, 5) is 17.5. The van der Waals surface area contributed by atoms with Crippen LogP contribution in [0.15, 0.2) is 45.1 Å².